The second kappa shape index (κ2) is 30.8. The van der Waals surface area contributed by atoms with Gasteiger partial charge in [-0.1, -0.05) is 12.1 Å². The summed E-state index contributed by atoms with van der Waals surface area (Å²) in [5.41, 5.74) is 23.1. The third-order valence-corrected chi connectivity index (χ3v) is 11.9. The third-order valence-electron chi connectivity index (χ3n) is 11.2. The van der Waals surface area contributed by atoms with Crippen LogP contribution in [0.15, 0.2) is 24.3 Å². The van der Waals surface area contributed by atoms with Crippen LogP contribution in [-0.2, 0) is 54.4 Å². The number of aliphatic hydroxyl groups is 1. The molecule has 25 nitrogen and oxygen atoms in total. The van der Waals surface area contributed by atoms with Gasteiger partial charge in [-0.2, -0.15) is 25.3 Å². The Morgan fingerprint density at radius 3 is 1.70 bits per heavy atom. The molecule has 1 aromatic carbocycles. The Morgan fingerprint density at radius 1 is 0.686 bits per heavy atom. The number of carboxylic acid groups (broad SMARTS) is 1. The van der Waals surface area contributed by atoms with Gasteiger partial charge in [0, 0.05) is 24.5 Å². The van der Waals surface area contributed by atoms with Gasteiger partial charge in [-0.05, 0) is 96.0 Å². The van der Waals surface area contributed by atoms with Crippen molar-refractivity contribution >= 4 is 84.4 Å². The summed E-state index contributed by atoms with van der Waals surface area (Å²) in [6.07, 6.45) is -0.337. The summed E-state index contributed by atoms with van der Waals surface area (Å²) in [5.74, 6) is -9.74. The Bertz CT molecular complexity index is 1970. The number of carbonyl (C=O) groups is 10. The van der Waals surface area contributed by atoms with Gasteiger partial charge in [-0.3, -0.25) is 43.2 Å². The van der Waals surface area contributed by atoms with Gasteiger partial charge < -0.3 is 80.4 Å². The number of carbonyl (C=O) groups excluding carboxylic acids is 9. The average molecular weight is 1030 g/mol. The number of benzene rings is 1. The second-order valence-electron chi connectivity index (χ2n) is 16.9. The molecule has 1 aliphatic rings. The molecule has 0 unspecified atom stereocenters. The molecule has 0 radical (unpaired) electrons. The second-order valence-corrected chi connectivity index (χ2v) is 17.6. The van der Waals surface area contributed by atoms with E-state index in [0.29, 0.717) is 37.8 Å². The molecule has 1 aromatic rings. The zero-order chi connectivity index (χ0) is 52.7. The standard InChI is InChI=1S/C43H70N12O13S2/c1-22(35(59)53-31(21-70)43(67)68)48-41(65)34(23(2)56)54-40(64)32-10-7-17-55(32)42(66)30(18-24-11-13-25(57)14-12-24)52-39(63)29(19-33(47)58)51-38(62)28(9-4-6-16-45)50-37(61)27(8-3-5-15-44)49-36(60)26(46)20-69/h11-14,22-23,26-32,34,56-57,69-70H,3-10,15-21,44-46H2,1-2H3,(H2,47,58)(H,48,65)(H,49,60)(H,50,61)(H,51,62)(H,52,63)(H,53,59)(H,54,64)(H,67,68)/t22-,23+,26-,27-,28-,29-,30-,31-,32-,34-/m0/s1. The van der Waals surface area contributed by atoms with Gasteiger partial charge in [0.15, 0.2) is 0 Å². The number of aliphatic hydroxyl groups excluding tert-OH is 1. The van der Waals surface area contributed by atoms with E-state index in [0.717, 1.165) is 4.90 Å². The average Bonchev–Trinajstić information content (AvgIpc) is 3.81. The van der Waals surface area contributed by atoms with Crippen molar-refractivity contribution in [3.8, 4) is 5.75 Å². The zero-order valence-corrected chi connectivity index (χ0v) is 41.1. The minimum absolute atomic E-state index is 0.00917. The summed E-state index contributed by atoms with van der Waals surface area (Å²) in [5, 5.41) is 46.9. The molecule has 1 aliphatic heterocycles. The maximum absolute atomic E-state index is 14.5. The van der Waals surface area contributed by atoms with Crippen LogP contribution in [0.5, 0.6) is 5.75 Å². The van der Waals surface area contributed by atoms with E-state index >= 15 is 0 Å². The molecule has 1 saturated heterocycles. The van der Waals surface area contributed by atoms with Gasteiger partial charge in [-0.25, -0.2) is 4.79 Å². The van der Waals surface area contributed by atoms with Crippen LogP contribution in [-0.4, -0.2) is 171 Å². The van der Waals surface area contributed by atoms with Crippen molar-refractivity contribution in [1.29, 1.82) is 0 Å². The molecule has 0 bridgehead atoms. The van der Waals surface area contributed by atoms with Crippen LogP contribution in [0, 0.1) is 0 Å². The fourth-order valence-electron chi connectivity index (χ4n) is 7.19. The molecule has 0 spiro atoms. The fraction of sp³-hybridized carbons (Fsp3) is 0.628. The first-order valence-electron chi connectivity index (χ1n) is 22.9. The van der Waals surface area contributed by atoms with E-state index in [1.807, 2.05) is 0 Å². The van der Waals surface area contributed by atoms with Crippen molar-refractivity contribution < 1.29 is 63.3 Å². The molecular weight excluding hydrogens is 957 g/mol. The van der Waals surface area contributed by atoms with Crippen molar-refractivity contribution in [2.45, 2.75) is 139 Å². The highest BCUT2D eigenvalue weighted by Crippen LogP contribution is 2.21. The fourth-order valence-corrected chi connectivity index (χ4v) is 7.60. The molecule has 18 N–H and O–H groups in total. The number of hydrogen-bond donors (Lipinski definition) is 16. The number of phenolic OH excluding ortho intramolecular Hbond substituents is 1. The number of nitrogens with one attached hydrogen (secondary N) is 7. The SMILES string of the molecule is C[C@H](NC(=O)[C@@H](NC(=O)[C@@H]1CCCN1C(=O)[C@H](Cc1ccc(O)cc1)NC(=O)[C@H](CC(N)=O)NC(=O)[C@H](CCCCN)NC(=O)[C@H](CCCCN)NC(=O)[C@@H](N)CS)[C@@H](C)O)C(=O)N[C@@H](CS)C(=O)O. The van der Waals surface area contributed by atoms with Gasteiger partial charge in [-0.15, -0.1) is 0 Å². The predicted molar refractivity (Wildman–Crippen MR) is 260 cm³/mol. The van der Waals surface area contributed by atoms with Crippen LogP contribution >= 0.6 is 25.3 Å². The van der Waals surface area contributed by atoms with Crippen molar-refractivity contribution in [3.05, 3.63) is 29.8 Å². The number of unbranched alkanes of at least 4 members (excludes halogenated alkanes) is 2. The summed E-state index contributed by atoms with van der Waals surface area (Å²) >= 11 is 7.93. The Hall–Kier alpha value is -5.74. The molecule has 10 atom stereocenters. The van der Waals surface area contributed by atoms with Crippen LogP contribution in [0.1, 0.15) is 77.2 Å². The van der Waals surface area contributed by atoms with Crippen LogP contribution in [0.4, 0.5) is 0 Å². The van der Waals surface area contributed by atoms with E-state index in [9.17, 15) is 63.3 Å². The van der Waals surface area contributed by atoms with Crippen LogP contribution in [0.2, 0.25) is 0 Å². The molecule has 9 amide bonds. The van der Waals surface area contributed by atoms with Crippen LogP contribution < -0.4 is 60.2 Å². The molecule has 0 aliphatic carbocycles. The number of carboxylic acids is 1. The molecule has 0 saturated carbocycles. The quantitative estimate of drug-likeness (QED) is 0.0245. The Labute approximate surface area is 416 Å². The number of aliphatic carboxylic acids is 1. The first-order valence-corrected chi connectivity index (χ1v) is 24.1. The minimum Gasteiger partial charge on any atom is -0.508 e. The van der Waals surface area contributed by atoms with E-state index in [1.54, 1.807) is 0 Å². The van der Waals surface area contributed by atoms with Gasteiger partial charge in [0.2, 0.25) is 53.2 Å². The molecular formula is C43H70N12O13S2. The monoisotopic (exact) mass is 1030 g/mol. The van der Waals surface area contributed by atoms with E-state index in [-0.39, 0.29) is 62.4 Å². The van der Waals surface area contributed by atoms with E-state index in [2.05, 4.69) is 62.5 Å². The lowest BCUT2D eigenvalue weighted by atomic mass is 10.0. The van der Waals surface area contributed by atoms with Gasteiger partial charge >= 0.3 is 5.97 Å². The third kappa shape index (κ3) is 19.9. The normalized spacial score (nSPS) is 17.1. The predicted octanol–water partition coefficient (Wildman–Crippen LogP) is -4.88. The van der Waals surface area contributed by atoms with Crippen molar-refractivity contribution in [3.63, 3.8) is 0 Å². The molecule has 1 heterocycles. The minimum atomic E-state index is -1.72. The topological polar surface area (TPSA) is 423 Å². The summed E-state index contributed by atoms with van der Waals surface area (Å²) in [4.78, 5) is 134. The van der Waals surface area contributed by atoms with Gasteiger partial charge in [0.1, 0.15) is 54.1 Å². The largest absolute Gasteiger partial charge is 0.508 e. The van der Waals surface area contributed by atoms with Gasteiger partial charge in [0.25, 0.3) is 0 Å². The summed E-state index contributed by atoms with van der Waals surface area (Å²) in [7, 11) is 0. The molecule has 392 valence electrons. The Kier molecular flexibility index (Phi) is 26.5. The van der Waals surface area contributed by atoms with Gasteiger partial charge in [0.05, 0.1) is 18.6 Å². The Morgan fingerprint density at radius 2 is 1.20 bits per heavy atom. The number of aromatic hydroxyl groups is 1. The number of amides is 9. The lowest BCUT2D eigenvalue weighted by Gasteiger charge is -2.31. The molecule has 2 rings (SSSR count). The number of hydrogen-bond acceptors (Lipinski definition) is 17. The smallest absolute Gasteiger partial charge is 0.327 e. The van der Waals surface area contributed by atoms with Crippen molar-refractivity contribution in [2.24, 2.45) is 22.9 Å². The van der Waals surface area contributed by atoms with Crippen molar-refractivity contribution in [1.82, 2.24) is 42.1 Å². The number of phenols is 1. The molecule has 27 heteroatoms. The lowest BCUT2D eigenvalue weighted by Crippen LogP contribution is -2.61. The molecule has 70 heavy (non-hydrogen) atoms. The van der Waals surface area contributed by atoms with Crippen LogP contribution in [0.25, 0.3) is 0 Å². The summed E-state index contributed by atoms with van der Waals surface area (Å²) < 4.78 is 0. The number of nitrogens with zero attached hydrogens (tertiary/aromatic N) is 1. The molecule has 0 aromatic heterocycles. The number of rotatable bonds is 31. The highest BCUT2D eigenvalue weighted by Gasteiger charge is 2.41. The number of likely N-dealkylation sites (tertiary alicyclic amines) is 1. The van der Waals surface area contributed by atoms with Crippen LogP contribution in [0.3, 0.4) is 0 Å². The number of primary amides is 1. The van der Waals surface area contributed by atoms with E-state index in [1.165, 1.54) is 38.1 Å². The maximum Gasteiger partial charge on any atom is 0.327 e. The Balaban J connectivity index is 2.42. The molecule has 1 fully saturated rings. The van der Waals surface area contributed by atoms with E-state index in [4.69, 9.17) is 22.9 Å². The highest BCUT2D eigenvalue weighted by atomic mass is 32.1. The number of nitrogens with two attached hydrogens (primary N) is 4. The number of thiol groups is 2. The first-order chi connectivity index (χ1) is 33.1. The summed E-state index contributed by atoms with van der Waals surface area (Å²) in [6.45, 7) is 2.98. The summed E-state index contributed by atoms with van der Waals surface area (Å²) in [6, 6.07) is -6.73. The zero-order valence-electron chi connectivity index (χ0n) is 39.3. The first kappa shape index (κ1) is 60.4. The lowest BCUT2D eigenvalue weighted by molar-refractivity contribution is -0.143. The highest BCUT2D eigenvalue weighted by molar-refractivity contribution is 7.80. The van der Waals surface area contributed by atoms with E-state index < -0.39 is 126 Å². The maximum atomic E-state index is 14.5. The van der Waals surface area contributed by atoms with Crippen molar-refractivity contribution in [2.75, 3.05) is 31.1 Å².